The van der Waals surface area contributed by atoms with Gasteiger partial charge in [0.1, 0.15) is 0 Å². The van der Waals surface area contributed by atoms with Crippen molar-refractivity contribution in [1.82, 2.24) is 10.6 Å². The molecule has 112 valence electrons. The van der Waals surface area contributed by atoms with Gasteiger partial charge in [0, 0.05) is 27.2 Å². The molecule has 5 heteroatoms. The van der Waals surface area contributed by atoms with Crippen LogP contribution in [0.3, 0.4) is 0 Å². The summed E-state index contributed by atoms with van der Waals surface area (Å²) in [5.41, 5.74) is 4.35. The average molecular weight is 389 g/mol. The maximum absolute atomic E-state index is 5.00. The minimum absolute atomic E-state index is 0. The molecule has 2 N–H and O–H groups in total. The zero-order valence-corrected chi connectivity index (χ0v) is 14.6. The summed E-state index contributed by atoms with van der Waals surface area (Å²) in [4.78, 5) is 4.19. The van der Waals surface area contributed by atoms with E-state index < -0.39 is 0 Å². The van der Waals surface area contributed by atoms with Crippen molar-refractivity contribution < 1.29 is 4.74 Å². The summed E-state index contributed by atoms with van der Waals surface area (Å²) >= 11 is 0. The molecule has 0 fully saturated rings. The molecular weight excluding hydrogens is 365 g/mol. The highest BCUT2D eigenvalue weighted by Crippen LogP contribution is 2.22. The van der Waals surface area contributed by atoms with Gasteiger partial charge in [0.05, 0.1) is 6.61 Å². The molecule has 0 saturated heterocycles. The van der Waals surface area contributed by atoms with Crippen molar-refractivity contribution in [2.45, 2.75) is 25.8 Å². The summed E-state index contributed by atoms with van der Waals surface area (Å²) < 4.78 is 5.00. The predicted octanol–water partition coefficient (Wildman–Crippen LogP) is 2.10. The molecule has 0 unspecified atom stereocenters. The third kappa shape index (κ3) is 4.94. The van der Waals surface area contributed by atoms with Crippen LogP contribution in [0.1, 0.15) is 23.1 Å². The fraction of sp³-hybridized carbons (Fsp3) is 0.533. The maximum atomic E-state index is 5.00. The highest BCUT2D eigenvalue weighted by atomic mass is 127. The number of nitrogens with one attached hydrogen (secondary N) is 2. The molecule has 0 atom stereocenters. The van der Waals surface area contributed by atoms with Crippen LogP contribution in [0.2, 0.25) is 0 Å². The van der Waals surface area contributed by atoms with Crippen LogP contribution in [0.5, 0.6) is 0 Å². The van der Waals surface area contributed by atoms with E-state index in [0.29, 0.717) is 6.61 Å². The van der Waals surface area contributed by atoms with Crippen molar-refractivity contribution in [2.75, 3.05) is 27.3 Å². The minimum Gasteiger partial charge on any atom is -0.383 e. The first-order valence-corrected chi connectivity index (χ1v) is 6.87. The largest absolute Gasteiger partial charge is 0.383 e. The first-order chi connectivity index (χ1) is 9.33. The van der Waals surface area contributed by atoms with Crippen LogP contribution in [0.25, 0.3) is 0 Å². The molecule has 0 spiro atoms. The summed E-state index contributed by atoms with van der Waals surface area (Å²) in [6.45, 7) is 2.25. The lowest BCUT2D eigenvalue weighted by Crippen LogP contribution is -2.38. The zero-order valence-electron chi connectivity index (χ0n) is 12.2. The Labute approximate surface area is 138 Å². The number of rotatable bonds is 5. The Bertz CT molecular complexity index is 449. The van der Waals surface area contributed by atoms with Crippen molar-refractivity contribution in [2.24, 2.45) is 4.99 Å². The topological polar surface area (TPSA) is 45.7 Å². The Balaban J connectivity index is 0.00000200. The Morgan fingerprint density at radius 1 is 1.25 bits per heavy atom. The lowest BCUT2D eigenvalue weighted by Gasteiger charge is -2.12. The van der Waals surface area contributed by atoms with Crippen LogP contribution in [0.4, 0.5) is 0 Å². The van der Waals surface area contributed by atoms with Crippen molar-refractivity contribution in [3.8, 4) is 0 Å². The van der Waals surface area contributed by atoms with Crippen LogP contribution in [0.15, 0.2) is 23.2 Å². The Kier molecular flexibility index (Phi) is 7.91. The monoisotopic (exact) mass is 389 g/mol. The van der Waals surface area contributed by atoms with Crippen LogP contribution in [0, 0.1) is 0 Å². The lowest BCUT2D eigenvalue weighted by atomic mass is 10.1. The normalized spacial score (nSPS) is 13.6. The second-order valence-corrected chi connectivity index (χ2v) is 4.80. The Morgan fingerprint density at radius 2 is 2.05 bits per heavy atom. The van der Waals surface area contributed by atoms with Crippen LogP contribution < -0.4 is 10.6 Å². The van der Waals surface area contributed by atoms with Crippen molar-refractivity contribution in [1.29, 1.82) is 0 Å². The third-order valence-electron chi connectivity index (χ3n) is 3.45. The second-order valence-electron chi connectivity index (χ2n) is 4.80. The highest BCUT2D eigenvalue weighted by Gasteiger charge is 2.10. The van der Waals surface area contributed by atoms with Crippen molar-refractivity contribution >= 4 is 29.9 Å². The van der Waals surface area contributed by atoms with E-state index in [4.69, 9.17) is 4.74 Å². The lowest BCUT2D eigenvalue weighted by molar-refractivity contribution is 0.203. The molecule has 0 bridgehead atoms. The van der Waals surface area contributed by atoms with Crippen LogP contribution in [-0.2, 0) is 24.1 Å². The first-order valence-electron chi connectivity index (χ1n) is 6.87. The molecule has 1 aromatic rings. The molecule has 0 aliphatic heterocycles. The molecule has 1 aliphatic carbocycles. The van der Waals surface area contributed by atoms with E-state index in [-0.39, 0.29) is 24.0 Å². The Hall–Kier alpha value is -0.820. The summed E-state index contributed by atoms with van der Waals surface area (Å²) in [6.07, 6.45) is 3.76. The quantitative estimate of drug-likeness (QED) is 0.351. The predicted molar refractivity (Wildman–Crippen MR) is 94.0 cm³/mol. The minimum atomic E-state index is 0. The van der Waals surface area contributed by atoms with Gasteiger partial charge in [-0.25, -0.2) is 0 Å². The summed E-state index contributed by atoms with van der Waals surface area (Å²) in [5.74, 6) is 0.817. The first kappa shape index (κ1) is 17.2. The third-order valence-corrected chi connectivity index (χ3v) is 3.45. The van der Waals surface area contributed by atoms with Crippen LogP contribution >= 0.6 is 24.0 Å². The fourth-order valence-corrected chi connectivity index (χ4v) is 2.41. The molecule has 2 rings (SSSR count). The number of benzene rings is 1. The summed E-state index contributed by atoms with van der Waals surface area (Å²) in [7, 11) is 3.48. The molecule has 0 amide bonds. The number of hydrogen-bond donors (Lipinski definition) is 2. The zero-order chi connectivity index (χ0) is 13.5. The summed E-state index contributed by atoms with van der Waals surface area (Å²) in [6, 6.07) is 6.79. The number of nitrogens with zero attached hydrogens (tertiary/aromatic N) is 1. The van der Waals surface area contributed by atoms with Gasteiger partial charge in [-0.2, -0.15) is 0 Å². The molecule has 0 aromatic heterocycles. The molecule has 0 heterocycles. The van der Waals surface area contributed by atoms with E-state index in [9.17, 15) is 0 Å². The smallest absolute Gasteiger partial charge is 0.191 e. The van der Waals surface area contributed by atoms with E-state index >= 15 is 0 Å². The van der Waals surface area contributed by atoms with Gasteiger partial charge in [0.25, 0.3) is 0 Å². The Morgan fingerprint density at radius 3 is 2.80 bits per heavy atom. The van der Waals surface area contributed by atoms with Crippen molar-refractivity contribution in [3.63, 3.8) is 0 Å². The number of hydrogen-bond acceptors (Lipinski definition) is 2. The molecule has 4 nitrogen and oxygen atoms in total. The van der Waals surface area contributed by atoms with Gasteiger partial charge in [-0.3, -0.25) is 4.99 Å². The SMILES string of the molecule is CN=C(NCCOC)NCc1ccc2c(c1)CCC2.I. The second kappa shape index (κ2) is 9.18. The summed E-state index contributed by atoms with van der Waals surface area (Å²) in [5, 5.41) is 6.53. The van der Waals surface area contributed by atoms with Crippen molar-refractivity contribution in [3.05, 3.63) is 34.9 Å². The van der Waals surface area contributed by atoms with Gasteiger partial charge in [-0.1, -0.05) is 18.2 Å². The number of halogens is 1. The van der Waals surface area contributed by atoms with E-state index in [2.05, 4.69) is 33.8 Å². The maximum Gasteiger partial charge on any atom is 0.191 e. The molecule has 20 heavy (non-hydrogen) atoms. The number of fused-ring (bicyclic) bond motifs is 1. The molecule has 0 saturated carbocycles. The molecule has 0 radical (unpaired) electrons. The number of aryl methyl sites for hydroxylation is 2. The number of guanidine groups is 1. The standard InChI is InChI=1S/C15H23N3O.HI/c1-16-15(17-8-9-19-2)18-11-12-6-7-13-4-3-5-14(13)10-12;/h6-7,10H,3-5,8-9,11H2,1-2H3,(H2,16,17,18);1H. The van der Waals surface area contributed by atoms with E-state index in [0.717, 1.165) is 19.0 Å². The van der Waals surface area contributed by atoms with Gasteiger partial charge in [0.2, 0.25) is 0 Å². The van der Waals surface area contributed by atoms with Gasteiger partial charge in [0.15, 0.2) is 5.96 Å². The average Bonchev–Trinajstić information content (AvgIpc) is 2.90. The van der Waals surface area contributed by atoms with Gasteiger partial charge in [-0.15, -0.1) is 24.0 Å². The number of aliphatic imine (C=N–C) groups is 1. The fourth-order valence-electron chi connectivity index (χ4n) is 2.41. The van der Waals surface area contributed by atoms with E-state index in [1.807, 2.05) is 0 Å². The van der Waals surface area contributed by atoms with E-state index in [1.165, 1.54) is 36.0 Å². The molecular formula is C15H24IN3O. The van der Waals surface area contributed by atoms with Gasteiger partial charge >= 0.3 is 0 Å². The number of methoxy groups -OCH3 is 1. The molecule has 1 aromatic carbocycles. The number of ether oxygens (including phenoxy) is 1. The van der Waals surface area contributed by atoms with E-state index in [1.54, 1.807) is 14.2 Å². The van der Waals surface area contributed by atoms with Gasteiger partial charge < -0.3 is 15.4 Å². The highest BCUT2D eigenvalue weighted by molar-refractivity contribution is 14.0. The van der Waals surface area contributed by atoms with Gasteiger partial charge in [-0.05, 0) is 36.0 Å². The van der Waals surface area contributed by atoms with Crippen LogP contribution in [-0.4, -0.2) is 33.3 Å². The molecule has 1 aliphatic rings.